The van der Waals surface area contributed by atoms with Gasteiger partial charge < -0.3 is 0 Å². The van der Waals surface area contributed by atoms with Gasteiger partial charge in [0.15, 0.2) is 0 Å². The van der Waals surface area contributed by atoms with Crippen LogP contribution in [0.4, 0.5) is 0 Å². The van der Waals surface area contributed by atoms with Gasteiger partial charge in [-0.3, -0.25) is 0 Å². The lowest BCUT2D eigenvalue weighted by atomic mass is 10.1. The lowest BCUT2D eigenvalue weighted by Gasteiger charge is -1.98. The molecule has 1 aliphatic carbocycles. The maximum Gasteiger partial charge on any atom is -0.0163 e. The maximum atomic E-state index is 2.18. The van der Waals surface area contributed by atoms with E-state index in [-0.39, 0.29) is 0 Å². The van der Waals surface area contributed by atoms with Crippen molar-refractivity contribution in [3.8, 4) is 0 Å². The zero-order chi connectivity index (χ0) is 8.93. The summed E-state index contributed by atoms with van der Waals surface area (Å²) in [5, 5.41) is 0. The second-order valence-electron chi connectivity index (χ2n) is 3.05. The first-order valence-corrected chi connectivity index (χ1v) is 4.55. The predicted octanol–water partition coefficient (Wildman–Crippen LogP) is 3.67. The van der Waals surface area contributed by atoms with E-state index in [0.29, 0.717) is 0 Å². The van der Waals surface area contributed by atoms with Gasteiger partial charge in [0.25, 0.3) is 0 Å². The summed E-state index contributed by atoms with van der Waals surface area (Å²) >= 11 is 0. The average molecular weight is 168 g/mol. The van der Waals surface area contributed by atoms with Crippen LogP contribution in [0.25, 0.3) is 12.2 Å². The van der Waals surface area contributed by atoms with Crippen molar-refractivity contribution in [2.45, 2.75) is 6.42 Å². The van der Waals surface area contributed by atoms with E-state index >= 15 is 0 Å². The number of benzene rings is 1. The van der Waals surface area contributed by atoms with Crippen LogP contribution in [-0.4, -0.2) is 0 Å². The van der Waals surface area contributed by atoms with Crippen LogP contribution in [0.2, 0.25) is 0 Å². The van der Waals surface area contributed by atoms with Crippen LogP contribution in [0.5, 0.6) is 0 Å². The van der Waals surface area contributed by atoms with Crippen molar-refractivity contribution in [3.05, 3.63) is 59.7 Å². The quantitative estimate of drug-likeness (QED) is 0.554. The molecular weight excluding hydrogens is 156 g/mol. The Morgan fingerprint density at radius 3 is 2.38 bits per heavy atom. The van der Waals surface area contributed by atoms with Gasteiger partial charge >= 0.3 is 0 Å². The Labute approximate surface area is 78.9 Å². The molecule has 0 heterocycles. The summed E-state index contributed by atoms with van der Waals surface area (Å²) in [4.78, 5) is 0. The standard InChI is InChI=1S/C13H12/c1-2-4-8-12-10-6-7-11-13(12)9-5-3-1/h1-2,4-11H,3H2/b2-1?,8-4-,9-5-. The highest BCUT2D eigenvalue weighted by atomic mass is 14.0. The van der Waals surface area contributed by atoms with Crippen molar-refractivity contribution in [1.29, 1.82) is 0 Å². The molecule has 0 N–H and O–H groups in total. The Morgan fingerprint density at radius 1 is 0.769 bits per heavy atom. The zero-order valence-corrected chi connectivity index (χ0v) is 7.48. The minimum absolute atomic E-state index is 1.01. The van der Waals surface area contributed by atoms with E-state index in [9.17, 15) is 0 Å². The molecule has 0 fully saturated rings. The fourth-order valence-corrected chi connectivity index (χ4v) is 1.40. The third-order valence-corrected chi connectivity index (χ3v) is 2.09. The molecule has 0 heteroatoms. The van der Waals surface area contributed by atoms with Gasteiger partial charge in [-0.1, -0.05) is 60.7 Å². The van der Waals surface area contributed by atoms with Crippen molar-refractivity contribution < 1.29 is 0 Å². The minimum atomic E-state index is 1.01. The van der Waals surface area contributed by atoms with Crippen LogP contribution in [0.3, 0.4) is 0 Å². The number of allylic oxidation sites excluding steroid dienone is 4. The van der Waals surface area contributed by atoms with Crippen molar-refractivity contribution >= 4 is 12.2 Å². The van der Waals surface area contributed by atoms with Gasteiger partial charge in [0.2, 0.25) is 0 Å². The molecule has 0 unspecified atom stereocenters. The Bertz CT molecular complexity index is 367. The van der Waals surface area contributed by atoms with E-state index in [1.165, 1.54) is 11.1 Å². The van der Waals surface area contributed by atoms with E-state index in [4.69, 9.17) is 0 Å². The van der Waals surface area contributed by atoms with Crippen LogP contribution < -0.4 is 0 Å². The van der Waals surface area contributed by atoms with Gasteiger partial charge in [-0.25, -0.2) is 0 Å². The number of rotatable bonds is 0. The summed E-state index contributed by atoms with van der Waals surface area (Å²) in [7, 11) is 0. The molecule has 0 saturated carbocycles. The lowest BCUT2D eigenvalue weighted by molar-refractivity contribution is 1.41. The fourth-order valence-electron chi connectivity index (χ4n) is 1.40. The number of hydrogen-bond acceptors (Lipinski definition) is 0. The fraction of sp³-hybridized carbons (Fsp3) is 0.0769. The smallest absolute Gasteiger partial charge is 0.0163 e. The Balaban J connectivity index is 2.47. The molecule has 0 aliphatic heterocycles. The monoisotopic (exact) mass is 168 g/mol. The Hall–Kier alpha value is -1.56. The maximum absolute atomic E-state index is 2.18. The second-order valence-corrected chi connectivity index (χ2v) is 3.05. The zero-order valence-electron chi connectivity index (χ0n) is 7.48. The van der Waals surface area contributed by atoms with Crippen LogP contribution in [0.15, 0.2) is 48.6 Å². The molecule has 0 saturated heterocycles. The van der Waals surface area contributed by atoms with Crippen molar-refractivity contribution in [2.24, 2.45) is 0 Å². The first-order valence-electron chi connectivity index (χ1n) is 4.55. The minimum Gasteiger partial charge on any atom is -0.0807 e. The van der Waals surface area contributed by atoms with E-state index < -0.39 is 0 Å². The molecule has 1 aliphatic rings. The summed E-state index contributed by atoms with van der Waals surface area (Å²) in [6, 6.07) is 8.41. The third-order valence-electron chi connectivity index (χ3n) is 2.09. The molecule has 0 radical (unpaired) electrons. The summed E-state index contributed by atoms with van der Waals surface area (Å²) < 4.78 is 0. The molecule has 13 heavy (non-hydrogen) atoms. The van der Waals surface area contributed by atoms with Gasteiger partial charge in [0.1, 0.15) is 0 Å². The van der Waals surface area contributed by atoms with Crippen LogP contribution >= 0.6 is 0 Å². The normalized spacial score (nSPS) is 19.4. The molecule has 64 valence electrons. The Kier molecular flexibility index (Phi) is 2.42. The molecule has 0 atom stereocenters. The number of hydrogen-bond donors (Lipinski definition) is 0. The van der Waals surface area contributed by atoms with E-state index in [1.54, 1.807) is 0 Å². The molecule has 0 aromatic heterocycles. The summed E-state index contributed by atoms with van der Waals surface area (Å²) in [6.45, 7) is 0. The average Bonchev–Trinajstić information content (AvgIpc) is 2.28. The highest BCUT2D eigenvalue weighted by molar-refractivity contribution is 5.66. The summed E-state index contributed by atoms with van der Waals surface area (Å²) in [5.74, 6) is 0. The molecule has 2 rings (SSSR count). The SMILES string of the molecule is C1=CC/C=C\c2ccccc2/C=C\1. The van der Waals surface area contributed by atoms with Crippen molar-refractivity contribution in [2.75, 3.05) is 0 Å². The number of fused-ring (bicyclic) bond motifs is 1. The molecule has 0 spiro atoms. The van der Waals surface area contributed by atoms with E-state index in [1.807, 2.05) is 0 Å². The second kappa shape index (κ2) is 3.90. The molecule has 0 nitrogen and oxygen atoms in total. The van der Waals surface area contributed by atoms with Gasteiger partial charge in [0.05, 0.1) is 0 Å². The van der Waals surface area contributed by atoms with Gasteiger partial charge in [-0.15, -0.1) is 0 Å². The van der Waals surface area contributed by atoms with Crippen molar-refractivity contribution in [3.63, 3.8) is 0 Å². The Morgan fingerprint density at radius 2 is 1.54 bits per heavy atom. The largest absolute Gasteiger partial charge is 0.0807 e. The van der Waals surface area contributed by atoms with E-state index in [0.717, 1.165) is 6.42 Å². The topological polar surface area (TPSA) is 0 Å². The molecule has 1 aromatic carbocycles. The van der Waals surface area contributed by atoms with E-state index in [2.05, 4.69) is 60.7 Å². The lowest BCUT2D eigenvalue weighted by Crippen LogP contribution is -1.77. The van der Waals surface area contributed by atoms with Crippen LogP contribution in [0.1, 0.15) is 17.5 Å². The highest BCUT2D eigenvalue weighted by Crippen LogP contribution is 2.14. The highest BCUT2D eigenvalue weighted by Gasteiger charge is 1.93. The van der Waals surface area contributed by atoms with Gasteiger partial charge in [0, 0.05) is 0 Å². The van der Waals surface area contributed by atoms with Gasteiger partial charge in [-0.2, -0.15) is 0 Å². The van der Waals surface area contributed by atoms with Crippen molar-refractivity contribution in [1.82, 2.24) is 0 Å². The third kappa shape index (κ3) is 1.97. The summed E-state index contributed by atoms with van der Waals surface area (Å²) in [5.41, 5.74) is 2.58. The van der Waals surface area contributed by atoms with Crippen LogP contribution in [0, 0.1) is 0 Å². The molecule has 0 bridgehead atoms. The predicted molar refractivity (Wildman–Crippen MR) is 58.3 cm³/mol. The molecule has 1 aromatic rings. The first kappa shape index (κ1) is 8.06. The molecular formula is C13H12. The van der Waals surface area contributed by atoms with Gasteiger partial charge in [-0.05, 0) is 17.5 Å². The van der Waals surface area contributed by atoms with Crippen LogP contribution in [-0.2, 0) is 0 Å². The summed E-state index contributed by atoms with van der Waals surface area (Å²) in [6.07, 6.45) is 13.8. The molecule has 0 amide bonds. The first-order chi connectivity index (χ1) is 6.47.